The molecule has 11 nitrogen and oxygen atoms in total. The summed E-state index contributed by atoms with van der Waals surface area (Å²) in [5.74, 6) is -2.46. The van der Waals surface area contributed by atoms with Gasteiger partial charge in [-0.3, -0.25) is 38.8 Å². The minimum atomic E-state index is -0.837. The molecule has 1 aromatic carbocycles. The predicted molar refractivity (Wildman–Crippen MR) is 144 cm³/mol. The normalized spacial score (nSPS) is 22.5. The lowest BCUT2D eigenvalue weighted by Crippen LogP contribution is -2.39. The van der Waals surface area contributed by atoms with E-state index < -0.39 is 33.8 Å². The van der Waals surface area contributed by atoms with E-state index in [9.17, 15) is 29.3 Å². The van der Waals surface area contributed by atoms with Crippen LogP contribution in [0, 0.1) is 16.0 Å². The molecule has 0 N–H and O–H groups in total. The van der Waals surface area contributed by atoms with Crippen molar-refractivity contribution in [1.82, 2.24) is 14.5 Å². The lowest BCUT2D eigenvalue weighted by atomic mass is 9.84. The van der Waals surface area contributed by atoms with Gasteiger partial charge in [0.05, 0.1) is 21.6 Å². The number of imide groups is 1. The number of aromatic nitrogens is 2. The molecular weight excluding hydrogens is 542 g/mol. The van der Waals surface area contributed by atoms with Gasteiger partial charge in [-0.15, -0.1) is 0 Å². The third-order valence-electron chi connectivity index (χ3n) is 7.41. The molecular formula is C26H23N5O6S2. The summed E-state index contributed by atoms with van der Waals surface area (Å²) in [7, 11) is 0. The number of amides is 3. The Hall–Kier alpha value is -3.84. The number of carbonyl (C=O) groups is 3. The number of nitrogens with zero attached hydrogens (tertiary/aromatic N) is 5. The third-order valence-corrected chi connectivity index (χ3v) is 10.0. The molecule has 3 aliphatic rings. The molecule has 2 fully saturated rings. The van der Waals surface area contributed by atoms with E-state index in [0.29, 0.717) is 28.6 Å². The maximum atomic E-state index is 13.8. The second-order valence-corrected chi connectivity index (χ2v) is 11.8. The second-order valence-electron chi connectivity index (χ2n) is 9.68. The van der Waals surface area contributed by atoms with Gasteiger partial charge in [-0.25, -0.2) is 4.90 Å². The molecule has 2 saturated heterocycles. The Bertz CT molecular complexity index is 1530. The van der Waals surface area contributed by atoms with Gasteiger partial charge >= 0.3 is 4.87 Å². The lowest BCUT2D eigenvalue weighted by molar-refractivity contribution is -0.384. The maximum Gasteiger partial charge on any atom is 0.308 e. The standard InChI is InChI=1S/C26H23N5O6S2/c32-18(28-11-2-1-3-12-28)14-29-25-22(39-26(29)35)19(15-5-4-10-27-13-15)20-21(38-25)24(34)30(23(20)33)16-6-8-17(9-7-16)31(36)37/h4-10,13,19-21H,1-3,11-12,14H2/t19-,20?,21?/m1/s1. The maximum absolute atomic E-state index is 13.8. The van der Waals surface area contributed by atoms with Crippen LogP contribution in [0.25, 0.3) is 0 Å². The van der Waals surface area contributed by atoms with Crippen LogP contribution in [-0.4, -0.2) is 55.4 Å². The zero-order valence-electron chi connectivity index (χ0n) is 20.6. The average molecular weight is 566 g/mol. The minimum absolute atomic E-state index is 0.122. The Labute approximate surface area is 230 Å². The molecule has 3 atom stereocenters. The van der Waals surface area contributed by atoms with E-state index in [1.54, 1.807) is 23.4 Å². The summed E-state index contributed by atoms with van der Waals surface area (Å²) >= 11 is 2.14. The zero-order valence-corrected chi connectivity index (χ0v) is 22.2. The molecule has 0 bridgehead atoms. The van der Waals surface area contributed by atoms with Crippen molar-refractivity contribution in [2.45, 2.75) is 42.0 Å². The number of benzene rings is 1. The smallest absolute Gasteiger partial charge is 0.308 e. The van der Waals surface area contributed by atoms with Gasteiger partial charge in [-0.2, -0.15) is 0 Å². The quantitative estimate of drug-likeness (QED) is 0.262. The summed E-state index contributed by atoms with van der Waals surface area (Å²) in [6, 6.07) is 8.83. The van der Waals surface area contributed by atoms with Crippen LogP contribution in [-0.2, 0) is 20.9 Å². The van der Waals surface area contributed by atoms with Crippen molar-refractivity contribution in [3.05, 3.63) is 79.0 Å². The van der Waals surface area contributed by atoms with E-state index in [2.05, 4.69) is 4.98 Å². The molecule has 39 heavy (non-hydrogen) atoms. The Morgan fingerprint density at radius 3 is 2.46 bits per heavy atom. The van der Waals surface area contributed by atoms with Gasteiger partial charge in [-0.1, -0.05) is 29.2 Å². The monoisotopic (exact) mass is 565 g/mol. The van der Waals surface area contributed by atoms with Gasteiger partial charge in [-0.05, 0) is 43.0 Å². The van der Waals surface area contributed by atoms with Crippen LogP contribution in [0.2, 0.25) is 0 Å². The van der Waals surface area contributed by atoms with Gasteiger partial charge in [0, 0.05) is 48.4 Å². The first kappa shape index (κ1) is 25.4. The molecule has 2 aromatic heterocycles. The zero-order chi connectivity index (χ0) is 27.3. The van der Waals surface area contributed by atoms with Crippen LogP contribution in [0.15, 0.2) is 58.6 Å². The van der Waals surface area contributed by atoms with Gasteiger partial charge in [0.15, 0.2) is 0 Å². The number of carbonyl (C=O) groups excluding carboxylic acids is 3. The number of nitro groups is 1. The molecule has 0 spiro atoms. The van der Waals surface area contributed by atoms with Crippen LogP contribution in [0.5, 0.6) is 0 Å². The summed E-state index contributed by atoms with van der Waals surface area (Å²) in [4.78, 5) is 71.8. The van der Waals surface area contributed by atoms with Gasteiger partial charge in [0.2, 0.25) is 17.7 Å². The molecule has 0 radical (unpaired) electrons. The second kappa shape index (κ2) is 10.0. The number of likely N-dealkylation sites (tertiary alicyclic amines) is 1. The SMILES string of the molecule is O=C(Cn1c2c(sc1=O)[C@H](c1cccnc1)C1C(=O)N(c3ccc([N+](=O)[O-])cc3)C(=O)C1S2)N1CCCCC1. The highest BCUT2D eigenvalue weighted by atomic mass is 32.2. The highest BCUT2D eigenvalue weighted by molar-refractivity contribution is 8.00. The van der Waals surface area contributed by atoms with E-state index in [1.165, 1.54) is 28.8 Å². The Kier molecular flexibility index (Phi) is 6.55. The fourth-order valence-corrected chi connectivity index (χ4v) is 8.30. The number of hydrogen-bond acceptors (Lipinski definition) is 9. The number of anilines is 1. The molecule has 3 aromatic rings. The average Bonchev–Trinajstić information content (AvgIpc) is 3.40. The number of fused-ring (bicyclic) bond motifs is 2. The van der Waals surface area contributed by atoms with Crippen molar-refractivity contribution >= 4 is 52.2 Å². The van der Waals surface area contributed by atoms with Crippen LogP contribution < -0.4 is 9.77 Å². The number of thioether (sulfide) groups is 1. The molecule has 2 unspecified atom stereocenters. The van der Waals surface area contributed by atoms with E-state index in [1.807, 2.05) is 6.07 Å². The Morgan fingerprint density at radius 1 is 1.05 bits per heavy atom. The number of thiazole rings is 1. The van der Waals surface area contributed by atoms with Crippen molar-refractivity contribution in [1.29, 1.82) is 0 Å². The van der Waals surface area contributed by atoms with Gasteiger partial charge < -0.3 is 4.90 Å². The minimum Gasteiger partial charge on any atom is -0.341 e. The van der Waals surface area contributed by atoms with E-state index in [0.717, 1.165) is 47.3 Å². The fraction of sp³-hybridized carbons (Fsp3) is 0.346. The summed E-state index contributed by atoms with van der Waals surface area (Å²) in [5, 5.41) is 10.8. The van der Waals surface area contributed by atoms with E-state index >= 15 is 0 Å². The van der Waals surface area contributed by atoms with E-state index in [4.69, 9.17) is 0 Å². The van der Waals surface area contributed by atoms with E-state index in [-0.39, 0.29) is 28.7 Å². The number of nitro benzene ring substituents is 1. The lowest BCUT2D eigenvalue weighted by Gasteiger charge is -2.31. The van der Waals surface area contributed by atoms with Crippen molar-refractivity contribution in [3.63, 3.8) is 0 Å². The van der Waals surface area contributed by atoms with Gasteiger partial charge in [0.25, 0.3) is 5.69 Å². The third kappa shape index (κ3) is 4.35. The van der Waals surface area contributed by atoms with Gasteiger partial charge in [0.1, 0.15) is 11.8 Å². The van der Waals surface area contributed by atoms with Crippen molar-refractivity contribution in [3.8, 4) is 0 Å². The predicted octanol–water partition coefficient (Wildman–Crippen LogP) is 3.02. The molecule has 3 aliphatic heterocycles. The molecule has 0 saturated carbocycles. The number of hydrogen-bond donors (Lipinski definition) is 0. The van der Waals surface area contributed by atoms with Crippen molar-refractivity contribution < 1.29 is 19.3 Å². The first-order valence-corrected chi connectivity index (χ1v) is 14.2. The van der Waals surface area contributed by atoms with Crippen LogP contribution in [0.4, 0.5) is 11.4 Å². The molecule has 0 aliphatic carbocycles. The summed E-state index contributed by atoms with van der Waals surface area (Å²) in [6.07, 6.45) is 6.17. The number of pyridine rings is 1. The van der Waals surface area contributed by atoms with Crippen LogP contribution in [0.3, 0.4) is 0 Å². The fourth-order valence-electron chi connectivity index (χ4n) is 5.53. The Morgan fingerprint density at radius 2 is 1.79 bits per heavy atom. The van der Waals surface area contributed by atoms with Crippen LogP contribution >= 0.6 is 23.1 Å². The summed E-state index contributed by atoms with van der Waals surface area (Å²) in [6.45, 7) is 1.20. The molecule has 200 valence electrons. The topological polar surface area (TPSA) is 136 Å². The number of rotatable bonds is 5. The molecule has 13 heteroatoms. The molecule has 5 heterocycles. The largest absolute Gasteiger partial charge is 0.341 e. The van der Waals surface area contributed by atoms with Crippen molar-refractivity contribution in [2.75, 3.05) is 18.0 Å². The molecule has 3 amide bonds. The number of non-ortho nitro benzene ring substituents is 1. The number of piperidine rings is 1. The molecule has 6 rings (SSSR count). The first-order valence-electron chi connectivity index (χ1n) is 12.6. The summed E-state index contributed by atoms with van der Waals surface area (Å²) < 4.78 is 1.44. The highest BCUT2D eigenvalue weighted by Crippen LogP contribution is 2.53. The van der Waals surface area contributed by atoms with Crippen LogP contribution in [0.1, 0.15) is 35.6 Å². The summed E-state index contributed by atoms with van der Waals surface area (Å²) in [5.41, 5.74) is 0.788. The Balaban J connectivity index is 1.40. The first-order chi connectivity index (χ1) is 18.8. The highest BCUT2D eigenvalue weighted by Gasteiger charge is 2.57. The van der Waals surface area contributed by atoms with Crippen molar-refractivity contribution in [2.24, 2.45) is 5.92 Å².